The minimum absolute atomic E-state index is 0.123. The molecule has 0 radical (unpaired) electrons. The van der Waals surface area contributed by atoms with Crippen molar-refractivity contribution in [1.82, 2.24) is 15.5 Å². The molecule has 0 saturated carbocycles. The number of nitrogens with one attached hydrogen (secondary N) is 2. The Bertz CT molecular complexity index is 563. The molecule has 0 aliphatic carbocycles. The first-order chi connectivity index (χ1) is 9.16. The van der Waals surface area contributed by atoms with Gasteiger partial charge >= 0.3 is 5.97 Å². The van der Waals surface area contributed by atoms with Crippen molar-refractivity contribution in [3.05, 3.63) is 41.6 Å². The first-order valence-electron chi connectivity index (χ1n) is 6.18. The summed E-state index contributed by atoms with van der Waals surface area (Å²) >= 11 is 0. The van der Waals surface area contributed by atoms with Crippen molar-refractivity contribution >= 4 is 5.97 Å². The Kier molecular flexibility index (Phi) is 4.30. The van der Waals surface area contributed by atoms with Gasteiger partial charge in [0.25, 0.3) is 0 Å². The highest BCUT2D eigenvalue weighted by Gasteiger charge is 2.07. The van der Waals surface area contributed by atoms with Gasteiger partial charge in [0.05, 0.1) is 18.3 Å². The zero-order valence-corrected chi connectivity index (χ0v) is 10.8. The third-order valence-corrected chi connectivity index (χ3v) is 2.86. The molecule has 3 N–H and O–H groups in total. The zero-order chi connectivity index (χ0) is 13.7. The van der Waals surface area contributed by atoms with Crippen LogP contribution >= 0.6 is 0 Å². The fourth-order valence-corrected chi connectivity index (χ4v) is 1.91. The van der Waals surface area contributed by atoms with E-state index in [2.05, 4.69) is 21.6 Å². The van der Waals surface area contributed by atoms with Crippen LogP contribution in [0.15, 0.2) is 30.5 Å². The Morgan fingerprint density at radius 2 is 2.32 bits per heavy atom. The molecule has 5 nitrogen and oxygen atoms in total. The fraction of sp³-hybridized carbons (Fsp3) is 0.286. The SMILES string of the molecule is Cc1cccc(-c2[nH]ncc2CNCCC(=O)O)c1. The van der Waals surface area contributed by atoms with Crippen LogP contribution in [0.3, 0.4) is 0 Å². The van der Waals surface area contributed by atoms with Crippen molar-refractivity contribution in [2.24, 2.45) is 0 Å². The molecule has 5 heteroatoms. The number of nitrogens with zero attached hydrogens (tertiary/aromatic N) is 1. The van der Waals surface area contributed by atoms with Gasteiger partial charge in [-0.15, -0.1) is 0 Å². The van der Waals surface area contributed by atoms with E-state index in [1.165, 1.54) is 5.56 Å². The Hall–Kier alpha value is -2.14. The third-order valence-electron chi connectivity index (χ3n) is 2.86. The summed E-state index contributed by atoms with van der Waals surface area (Å²) in [6.07, 6.45) is 1.89. The summed E-state index contributed by atoms with van der Waals surface area (Å²) < 4.78 is 0. The van der Waals surface area contributed by atoms with Crippen LogP contribution in [-0.2, 0) is 11.3 Å². The summed E-state index contributed by atoms with van der Waals surface area (Å²) in [6.45, 7) is 3.10. The molecule has 0 bridgehead atoms. The number of aromatic nitrogens is 2. The van der Waals surface area contributed by atoms with Crippen LogP contribution in [0.25, 0.3) is 11.3 Å². The molecule has 0 aliphatic rings. The highest BCUT2D eigenvalue weighted by molar-refractivity contribution is 5.67. The normalized spacial score (nSPS) is 10.6. The average Bonchev–Trinajstić information content (AvgIpc) is 2.83. The maximum Gasteiger partial charge on any atom is 0.304 e. The molecule has 1 aromatic carbocycles. The number of H-pyrrole nitrogens is 1. The molecule has 0 fully saturated rings. The second-order valence-corrected chi connectivity index (χ2v) is 4.46. The third kappa shape index (κ3) is 3.66. The maximum absolute atomic E-state index is 10.4. The minimum atomic E-state index is -0.793. The number of aromatic amines is 1. The highest BCUT2D eigenvalue weighted by Crippen LogP contribution is 2.21. The number of benzene rings is 1. The summed E-state index contributed by atoms with van der Waals surface area (Å²) in [5.41, 5.74) is 4.30. The lowest BCUT2D eigenvalue weighted by Gasteiger charge is -2.05. The van der Waals surface area contributed by atoms with Gasteiger partial charge in [-0.1, -0.05) is 23.8 Å². The molecular formula is C14H17N3O2. The highest BCUT2D eigenvalue weighted by atomic mass is 16.4. The standard InChI is InChI=1S/C14H17N3O2/c1-10-3-2-4-11(7-10)14-12(9-16-17-14)8-15-6-5-13(18)19/h2-4,7,9,15H,5-6,8H2,1H3,(H,16,17)(H,18,19). The molecule has 2 rings (SSSR count). The minimum Gasteiger partial charge on any atom is -0.481 e. The van der Waals surface area contributed by atoms with E-state index in [0.717, 1.165) is 16.8 Å². The quantitative estimate of drug-likeness (QED) is 0.693. The second-order valence-electron chi connectivity index (χ2n) is 4.46. The first-order valence-corrected chi connectivity index (χ1v) is 6.18. The maximum atomic E-state index is 10.4. The Morgan fingerprint density at radius 3 is 3.05 bits per heavy atom. The Morgan fingerprint density at radius 1 is 1.47 bits per heavy atom. The summed E-state index contributed by atoms with van der Waals surface area (Å²) in [5, 5.41) is 18.7. The molecule has 2 aromatic rings. The molecule has 19 heavy (non-hydrogen) atoms. The molecule has 0 aliphatic heterocycles. The number of aliphatic carboxylic acids is 1. The van der Waals surface area contributed by atoms with Gasteiger partial charge in [-0.25, -0.2) is 0 Å². The van der Waals surface area contributed by atoms with Crippen molar-refractivity contribution in [3.8, 4) is 11.3 Å². The van der Waals surface area contributed by atoms with Gasteiger partial charge in [-0.3, -0.25) is 9.89 Å². The van der Waals surface area contributed by atoms with Crippen molar-refractivity contribution in [2.45, 2.75) is 19.9 Å². The first kappa shape index (κ1) is 13.3. The van der Waals surface area contributed by atoms with E-state index < -0.39 is 5.97 Å². The Labute approximate surface area is 111 Å². The fourth-order valence-electron chi connectivity index (χ4n) is 1.91. The molecule has 0 spiro atoms. The van der Waals surface area contributed by atoms with Crippen LogP contribution in [-0.4, -0.2) is 27.8 Å². The number of carbonyl (C=O) groups is 1. The van der Waals surface area contributed by atoms with E-state index in [0.29, 0.717) is 13.1 Å². The molecule has 0 saturated heterocycles. The van der Waals surface area contributed by atoms with E-state index in [-0.39, 0.29) is 6.42 Å². The van der Waals surface area contributed by atoms with Crippen LogP contribution in [0.4, 0.5) is 0 Å². The van der Waals surface area contributed by atoms with Gasteiger partial charge in [0.1, 0.15) is 0 Å². The van der Waals surface area contributed by atoms with E-state index >= 15 is 0 Å². The van der Waals surface area contributed by atoms with Gasteiger partial charge in [0.2, 0.25) is 0 Å². The van der Waals surface area contributed by atoms with Crippen molar-refractivity contribution in [3.63, 3.8) is 0 Å². The summed E-state index contributed by atoms with van der Waals surface area (Å²) in [7, 11) is 0. The summed E-state index contributed by atoms with van der Waals surface area (Å²) in [6, 6.07) is 8.17. The van der Waals surface area contributed by atoms with Crippen molar-refractivity contribution in [1.29, 1.82) is 0 Å². The molecule has 0 atom stereocenters. The van der Waals surface area contributed by atoms with Crippen molar-refractivity contribution in [2.75, 3.05) is 6.54 Å². The van der Waals surface area contributed by atoms with Crippen LogP contribution < -0.4 is 5.32 Å². The van der Waals surface area contributed by atoms with E-state index in [1.54, 1.807) is 6.20 Å². The summed E-state index contributed by atoms with van der Waals surface area (Å²) in [4.78, 5) is 10.4. The molecular weight excluding hydrogens is 242 g/mol. The molecule has 0 amide bonds. The van der Waals surface area contributed by atoms with Gasteiger partial charge in [0, 0.05) is 24.2 Å². The average molecular weight is 259 g/mol. The molecule has 1 aromatic heterocycles. The van der Waals surface area contributed by atoms with E-state index in [4.69, 9.17) is 5.11 Å². The number of carboxylic acids is 1. The van der Waals surface area contributed by atoms with E-state index in [9.17, 15) is 4.79 Å². The van der Waals surface area contributed by atoms with Gasteiger partial charge < -0.3 is 10.4 Å². The topological polar surface area (TPSA) is 78.0 Å². The Balaban J connectivity index is 2.03. The molecule has 100 valence electrons. The lowest BCUT2D eigenvalue weighted by Crippen LogP contribution is -2.17. The smallest absolute Gasteiger partial charge is 0.304 e. The number of aryl methyl sites for hydroxylation is 1. The molecule has 0 unspecified atom stereocenters. The number of hydrogen-bond donors (Lipinski definition) is 3. The van der Waals surface area contributed by atoms with Crippen LogP contribution in [0.2, 0.25) is 0 Å². The summed E-state index contributed by atoms with van der Waals surface area (Å²) in [5.74, 6) is -0.793. The van der Waals surface area contributed by atoms with Crippen LogP contribution in [0.5, 0.6) is 0 Å². The predicted molar refractivity (Wildman–Crippen MR) is 72.7 cm³/mol. The lowest BCUT2D eigenvalue weighted by atomic mass is 10.1. The number of carboxylic acid groups (broad SMARTS) is 1. The second kappa shape index (κ2) is 6.15. The lowest BCUT2D eigenvalue weighted by molar-refractivity contribution is -0.136. The van der Waals surface area contributed by atoms with Gasteiger partial charge in [-0.05, 0) is 13.0 Å². The van der Waals surface area contributed by atoms with Gasteiger partial charge in [0.15, 0.2) is 0 Å². The predicted octanol–water partition coefficient (Wildman–Crippen LogP) is 1.95. The van der Waals surface area contributed by atoms with Crippen LogP contribution in [0, 0.1) is 6.92 Å². The number of hydrogen-bond acceptors (Lipinski definition) is 3. The monoisotopic (exact) mass is 259 g/mol. The van der Waals surface area contributed by atoms with Crippen LogP contribution in [0.1, 0.15) is 17.5 Å². The number of rotatable bonds is 6. The van der Waals surface area contributed by atoms with E-state index in [1.807, 2.05) is 25.1 Å². The van der Waals surface area contributed by atoms with Gasteiger partial charge in [-0.2, -0.15) is 5.10 Å². The zero-order valence-electron chi connectivity index (χ0n) is 10.8. The van der Waals surface area contributed by atoms with Crippen molar-refractivity contribution < 1.29 is 9.90 Å². The largest absolute Gasteiger partial charge is 0.481 e. The molecule has 1 heterocycles.